The van der Waals surface area contributed by atoms with Crippen LogP contribution in [0, 0.1) is 0 Å². The fraction of sp³-hybridized carbons (Fsp3) is 0.588. The molecule has 116 valence electrons. The Bertz CT molecular complexity index is 462. The molecular formula is C17H28N4. The van der Waals surface area contributed by atoms with Gasteiger partial charge in [-0.05, 0) is 38.1 Å². The van der Waals surface area contributed by atoms with Crippen LogP contribution in [0.4, 0.5) is 0 Å². The van der Waals surface area contributed by atoms with Gasteiger partial charge in [-0.2, -0.15) is 0 Å². The van der Waals surface area contributed by atoms with Crippen molar-refractivity contribution >= 4 is 5.96 Å². The molecule has 0 aromatic heterocycles. The lowest BCUT2D eigenvalue weighted by Crippen LogP contribution is -2.42. The summed E-state index contributed by atoms with van der Waals surface area (Å²) < 4.78 is 0. The maximum atomic E-state index is 4.34. The molecule has 0 saturated heterocycles. The van der Waals surface area contributed by atoms with E-state index in [1.54, 1.807) is 0 Å². The molecule has 1 fully saturated rings. The van der Waals surface area contributed by atoms with Crippen molar-refractivity contribution in [3.63, 3.8) is 0 Å². The summed E-state index contributed by atoms with van der Waals surface area (Å²) in [6, 6.07) is 9.18. The molecule has 1 aromatic carbocycles. The second-order valence-electron chi connectivity index (χ2n) is 6.06. The standard InChI is InChI=1S/C17H28N4/c1-18-17(20-16-10-6-7-11-16)19-12-14-8-4-5-9-15(14)13-21(2)3/h4-5,8-9,16H,6-7,10-13H2,1-3H3,(H2,18,19,20). The topological polar surface area (TPSA) is 39.7 Å². The molecule has 0 amide bonds. The lowest BCUT2D eigenvalue weighted by atomic mass is 10.1. The molecule has 2 N–H and O–H groups in total. The van der Waals surface area contributed by atoms with Crippen molar-refractivity contribution in [3.05, 3.63) is 35.4 Å². The van der Waals surface area contributed by atoms with Crippen LogP contribution in [-0.4, -0.2) is 38.0 Å². The van der Waals surface area contributed by atoms with Crippen molar-refractivity contribution in [2.24, 2.45) is 4.99 Å². The van der Waals surface area contributed by atoms with E-state index in [0.29, 0.717) is 6.04 Å². The highest BCUT2D eigenvalue weighted by Gasteiger charge is 2.15. The predicted octanol–water partition coefficient (Wildman–Crippen LogP) is 2.36. The van der Waals surface area contributed by atoms with E-state index in [-0.39, 0.29) is 0 Å². The maximum absolute atomic E-state index is 4.34. The maximum Gasteiger partial charge on any atom is 0.191 e. The largest absolute Gasteiger partial charge is 0.354 e. The zero-order chi connectivity index (χ0) is 15.1. The number of nitrogens with one attached hydrogen (secondary N) is 2. The second-order valence-corrected chi connectivity index (χ2v) is 6.06. The van der Waals surface area contributed by atoms with Gasteiger partial charge in [-0.3, -0.25) is 4.99 Å². The highest BCUT2D eigenvalue weighted by Crippen LogP contribution is 2.17. The number of nitrogens with zero attached hydrogens (tertiary/aromatic N) is 2. The summed E-state index contributed by atoms with van der Waals surface area (Å²) in [4.78, 5) is 6.54. The predicted molar refractivity (Wildman–Crippen MR) is 89.4 cm³/mol. The van der Waals surface area contributed by atoms with Crippen LogP contribution >= 0.6 is 0 Å². The van der Waals surface area contributed by atoms with Gasteiger partial charge in [0, 0.05) is 26.2 Å². The van der Waals surface area contributed by atoms with Crippen LogP contribution in [-0.2, 0) is 13.1 Å². The minimum absolute atomic E-state index is 0.591. The number of hydrogen-bond acceptors (Lipinski definition) is 2. The fourth-order valence-corrected chi connectivity index (χ4v) is 2.86. The summed E-state index contributed by atoms with van der Waals surface area (Å²) in [5.41, 5.74) is 2.70. The zero-order valence-electron chi connectivity index (χ0n) is 13.5. The van der Waals surface area contributed by atoms with Crippen molar-refractivity contribution in [1.29, 1.82) is 0 Å². The van der Waals surface area contributed by atoms with E-state index in [1.165, 1.54) is 36.8 Å². The quantitative estimate of drug-likeness (QED) is 0.645. The van der Waals surface area contributed by atoms with Gasteiger partial charge >= 0.3 is 0 Å². The number of aliphatic imine (C=N–C) groups is 1. The van der Waals surface area contributed by atoms with Crippen LogP contribution in [0.25, 0.3) is 0 Å². The molecule has 0 bridgehead atoms. The molecule has 4 heteroatoms. The Balaban J connectivity index is 1.91. The first kappa shape index (κ1) is 15.8. The van der Waals surface area contributed by atoms with Crippen molar-refractivity contribution < 1.29 is 0 Å². The summed E-state index contributed by atoms with van der Waals surface area (Å²) in [6.07, 6.45) is 5.19. The molecule has 0 heterocycles. The molecule has 1 aliphatic rings. The Hall–Kier alpha value is -1.55. The smallest absolute Gasteiger partial charge is 0.191 e. The van der Waals surface area contributed by atoms with E-state index < -0.39 is 0 Å². The third-order valence-electron chi connectivity index (χ3n) is 3.97. The SMILES string of the molecule is CN=C(NCc1ccccc1CN(C)C)NC1CCCC1. The molecule has 2 rings (SSSR count). The second kappa shape index (κ2) is 8.03. The van der Waals surface area contributed by atoms with Crippen molar-refractivity contribution in [1.82, 2.24) is 15.5 Å². The lowest BCUT2D eigenvalue weighted by Gasteiger charge is -2.18. The van der Waals surface area contributed by atoms with E-state index in [0.717, 1.165) is 19.0 Å². The van der Waals surface area contributed by atoms with Crippen LogP contribution in [0.5, 0.6) is 0 Å². The number of guanidine groups is 1. The number of hydrogen-bond donors (Lipinski definition) is 2. The number of rotatable bonds is 5. The third kappa shape index (κ3) is 5.05. The van der Waals surface area contributed by atoms with Crippen LogP contribution in [0.3, 0.4) is 0 Å². The van der Waals surface area contributed by atoms with Crippen molar-refractivity contribution in [2.45, 2.75) is 44.8 Å². The minimum atomic E-state index is 0.591. The Kier molecular flexibility index (Phi) is 6.05. The van der Waals surface area contributed by atoms with Gasteiger partial charge in [-0.25, -0.2) is 0 Å². The highest BCUT2D eigenvalue weighted by atomic mass is 15.2. The van der Waals surface area contributed by atoms with Crippen molar-refractivity contribution in [3.8, 4) is 0 Å². The first-order chi connectivity index (χ1) is 10.2. The fourth-order valence-electron chi connectivity index (χ4n) is 2.86. The molecule has 0 atom stereocenters. The van der Waals surface area contributed by atoms with E-state index >= 15 is 0 Å². The van der Waals surface area contributed by atoms with Gasteiger partial charge in [-0.1, -0.05) is 37.1 Å². The summed E-state index contributed by atoms with van der Waals surface area (Å²) >= 11 is 0. The van der Waals surface area contributed by atoms with Crippen LogP contribution in [0.15, 0.2) is 29.3 Å². The minimum Gasteiger partial charge on any atom is -0.354 e. The van der Waals surface area contributed by atoms with E-state index in [1.807, 2.05) is 7.05 Å². The molecule has 1 aliphatic carbocycles. The van der Waals surface area contributed by atoms with Gasteiger partial charge < -0.3 is 15.5 Å². The molecule has 4 nitrogen and oxygen atoms in total. The van der Waals surface area contributed by atoms with Crippen molar-refractivity contribution in [2.75, 3.05) is 21.1 Å². The van der Waals surface area contributed by atoms with E-state index in [4.69, 9.17) is 0 Å². The van der Waals surface area contributed by atoms with Gasteiger partial charge in [0.05, 0.1) is 0 Å². The van der Waals surface area contributed by atoms with Gasteiger partial charge in [0.25, 0.3) is 0 Å². The molecule has 0 aliphatic heterocycles. The van der Waals surface area contributed by atoms with E-state index in [9.17, 15) is 0 Å². The summed E-state index contributed by atoms with van der Waals surface area (Å²) in [5.74, 6) is 0.918. The molecular weight excluding hydrogens is 260 g/mol. The average molecular weight is 288 g/mol. The zero-order valence-corrected chi connectivity index (χ0v) is 13.5. The molecule has 1 saturated carbocycles. The first-order valence-electron chi connectivity index (χ1n) is 7.87. The molecule has 0 radical (unpaired) electrons. The van der Waals surface area contributed by atoms with Crippen LogP contribution in [0.2, 0.25) is 0 Å². The lowest BCUT2D eigenvalue weighted by molar-refractivity contribution is 0.400. The van der Waals surface area contributed by atoms with Gasteiger partial charge in [-0.15, -0.1) is 0 Å². The molecule has 21 heavy (non-hydrogen) atoms. The Morgan fingerprint density at radius 2 is 1.86 bits per heavy atom. The molecule has 0 unspecified atom stereocenters. The summed E-state index contributed by atoms with van der Waals surface area (Å²) in [5, 5.41) is 6.97. The normalized spacial score (nSPS) is 16.5. The van der Waals surface area contributed by atoms with Crippen LogP contribution in [0.1, 0.15) is 36.8 Å². The third-order valence-corrected chi connectivity index (χ3v) is 3.97. The summed E-state index contributed by atoms with van der Waals surface area (Å²) in [6.45, 7) is 1.78. The molecule has 0 spiro atoms. The Labute approximate surface area is 128 Å². The van der Waals surface area contributed by atoms with Gasteiger partial charge in [0.15, 0.2) is 5.96 Å². The average Bonchev–Trinajstić information content (AvgIpc) is 2.97. The Morgan fingerprint density at radius 3 is 2.48 bits per heavy atom. The van der Waals surface area contributed by atoms with E-state index in [2.05, 4.69) is 58.9 Å². The van der Waals surface area contributed by atoms with Crippen LogP contribution < -0.4 is 10.6 Å². The monoisotopic (exact) mass is 288 g/mol. The Morgan fingerprint density at radius 1 is 1.19 bits per heavy atom. The highest BCUT2D eigenvalue weighted by molar-refractivity contribution is 5.80. The van der Waals surface area contributed by atoms with Gasteiger partial charge in [0.2, 0.25) is 0 Å². The number of benzene rings is 1. The first-order valence-corrected chi connectivity index (χ1v) is 7.87. The molecule has 1 aromatic rings. The summed E-state index contributed by atoms with van der Waals surface area (Å²) in [7, 11) is 6.05. The van der Waals surface area contributed by atoms with Gasteiger partial charge in [0.1, 0.15) is 0 Å².